The quantitative estimate of drug-likeness (QED) is 0.175. The molecule has 0 saturated carbocycles. The van der Waals surface area contributed by atoms with Gasteiger partial charge < -0.3 is 0 Å². The van der Waals surface area contributed by atoms with Crippen molar-refractivity contribution in [1.82, 2.24) is 9.55 Å². The Labute approximate surface area is 306 Å². The maximum Gasteiger partial charge on any atom is 0.146 e. The summed E-state index contributed by atoms with van der Waals surface area (Å²) >= 11 is 0. The number of imidazole rings is 1. The Bertz CT molecular complexity index is 3620. The van der Waals surface area contributed by atoms with Gasteiger partial charge in [0.1, 0.15) is 5.82 Å². The van der Waals surface area contributed by atoms with E-state index in [0.717, 1.165) is 4.57 Å². The highest BCUT2D eigenvalue weighted by atomic mass is 15.1. The monoisotopic (exact) mass is 621 g/mol. The summed E-state index contributed by atoms with van der Waals surface area (Å²) in [4.78, 5) is 4.80. The lowest BCUT2D eigenvalue weighted by atomic mass is 9.86. The molecule has 0 amide bonds. The van der Waals surface area contributed by atoms with E-state index in [-0.39, 0.29) is 44.7 Å². The van der Waals surface area contributed by atoms with Gasteiger partial charge >= 0.3 is 0 Å². The van der Waals surface area contributed by atoms with Crippen molar-refractivity contribution in [2.75, 3.05) is 0 Å². The van der Waals surface area contributed by atoms with Crippen LogP contribution in [0, 0.1) is 0 Å². The molecule has 47 heavy (non-hydrogen) atoms. The van der Waals surface area contributed by atoms with E-state index in [0.29, 0.717) is 0 Å². The van der Waals surface area contributed by atoms with Crippen molar-refractivity contribution in [3.05, 3.63) is 181 Å². The summed E-state index contributed by atoms with van der Waals surface area (Å²) in [5.74, 6) is -0.371. The first-order valence-corrected chi connectivity index (χ1v) is 14.2. The fraction of sp³-hybridized carbons (Fsp3) is 0. The summed E-state index contributed by atoms with van der Waals surface area (Å²) in [7, 11) is 0. The topological polar surface area (TPSA) is 17.8 Å². The van der Waals surface area contributed by atoms with E-state index in [9.17, 15) is 5.48 Å². The van der Waals surface area contributed by atoms with Gasteiger partial charge in [-0.3, -0.25) is 4.57 Å². The second kappa shape index (κ2) is 11.3. The van der Waals surface area contributed by atoms with E-state index in [1.54, 1.807) is 12.1 Å². The van der Waals surface area contributed by atoms with Crippen LogP contribution in [0.5, 0.6) is 0 Å². The zero-order valence-corrected chi connectivity index (χ0v) is 23.9. The Balaban J connectivity index is 1.60. The van der Waals surface area contributed by atoms with Crippen LogP contribution in [0.25, 0.3) is 83.0 Å². The fourth-order valence-electron chi connectivity index (χ4n) is 5.76. The highest BCUT2D eigenvalue weighted by molar-refractivity contribution is 6.21. The summed E-state index contributed by atoms with van der Waals surface area (Å²) in [6.07, 6.45) is 0. The summed E-state index contributed by atoms with van der Waals surface area (Å²) in [5, 5.41) is -1.77. The molecule has 0 saturated heterocycles. The van der Waals surface area contributed by atoms with Gasteiger partial charge in [-0.05, 0) is 97.3 Å². The zero-order valence-electron chi connectivity index (χ0n) is 46.9. The molecule has 0 aliphatic heterocycles. The molecule has 2 nitrogen and oxygen atoms in total. The number of para-hydroxylation sites is 3. The maximum atomic E-state index is 9.57. The van der Waals surface area contributed by atoms with Crippen LogP contribution in [0.1, 0.15) is 31.5 Å². The van der Waals surface area contributed by atoms with Gasteiger partial charge in [-0.2, -0.15) is 0 Å². The molecule has 8 aromatic carbocycles. The molecule has 9 rings (SSSR count). The third-order valence-corrected chi connectivity index (χ3v) is 7.67. The number of nitrogens with zero attached hydrogens (tertiary/aromatic N) is 2. The summed E-state index contributed by atoms with van der Waals surface area (Å²) < 4.78 is 205. The lowest BCUT2D eigenvalue weighted by Crippen LogP contribution is -1.99. The summed E-state index contributed by atoms with van der Waals surface area (Å²) in [6.45, 7) is 0. The SMILES string of the molecule is [2H]c1c([2H])c([2H])c(-c2cc(-c3c([2H])c([2H])c([2H])c([2H])c3[2H])cc(-c3c4c([2H])c([2H])c([2H])c([2H])c4c(-c4nc5ccccc5n4-c4c([2H])c([2H])c([2H])c([2H])c4[2H])c4c([2H])c([2H])c([2H])c([2H])c34)c2)c([2H])c1[2H]. The third-order valence-electron chi connectivity index (χ3n) is 7.67. The third kappa shape index (κ3) is 4.62. The average Bonchev–Trinajstić information content (AvgIpc) is 3.72. The van der Waals surface area contributed by atoms with Gasteiger partial charge in [-0.25, -0.2) is 4.98 Å². The van der Waals surface area contributed by atoms with Gasteiger partial charge in [-0.15, -0.1) is 0 Å². The van der Waals surface area contributed by atoms with Crippen LogP contribution < -0.4 is 0 Å². The Morgan fingerprint density at radius 2 is 0.872 bits per heavy atom. The smallest absolute Gasteiger partial charge is 0.146 e. The predicted molar refractivity (Wildman–Crippen MR) is 198 cm³/mol. The molecule has 0 unspecified atom stereocenters. The molecule has 0 bridgehead atoms. The van der Waals surface area contributed by atoms with E-state index in [4.69, 9.17) is 31.0 Å². The molecule has 1 aromatic heterocycles. The van der Waals surface area contributed by atoms with Crippen LogP contribution in [0.15, 0.2) is 181 Å². The number of rotatable bonds is 5. The van der Waals surface area contributed by atoms with E-state index < -0.39 is 177 Å². The number of fused-ring (bicyclic) bond motifs is 3. The highest BCUT2D eigenvalue weighted by Crippen LogP contribution is 2.46. The maximum absolute atomic E-state index is 9.57. The van der Waals surface area contributed by atoms with Crippen molar-refractivity contribution < 1.29 is 31.5 Å². The van der Waals surface area contributed by atoms with Gasteiger partial charge in [-0.1, -0.05) is 139 Å². The lowest BCUT2D eigenvalue weighted by molar-refractivity contribution is 1.11. The first-order valence-electron chi connectivity index (χ1n) is 25.7. The first-order chi connectivity index (χ1) is 32.9. The predicted octanol–water partition coefficient (Wildman–Crippen LogP) is 12.0. The molecule has 9 aromatic rings. The molecule has 0 fully saturated rings. The normalized spacial score (nSPS) is 18.3. The second-order valence-corrected chi connectivity index (χ2v) is 10.3. The molecular formula is C45H30N2. The van der Waals surface area contributed by atoms with E-state index >= 15 is 0 Å². The molecular weight excluding hydrogens is 569 g/mol. The van der Waals surface area contributed by atoms with Crippen LogP contribution in [0.3, 0.4) is 0 Å². The number of hydrogen-bond acceptors (Lipinski definition) is 1. The molecule has 0 N–H and O–H groups in total. The number of hydrogen-bond donors (Lipinski definition) is 0. The van der Waals surface area contributed by atoms with Crippen LogP contribution in [-0.4, -0.2) is 9.55 Å². The van der Waals surface area contributed by atoms with E-state index in [1.165, 1.54) is 30.3 Å². The Morgan fingerprint density at radius 3 is 1.43 bits per heavy atom. The molecule has 220 valence electrons. The number of benzene rings is 8. The first kappa shape index (κ1) is 12.5. The van der Waals surface area contributed by atoms with E-state index in [2.05, 4.69) is 0 Å². The van der Waals surface area contributed by atoms with Crippen molar-refractivity contribution in [2.45, 2.75) is 0 Å². The van der Waals surface area contributed by atoms with Gasteiger partial charge in [0.25, 0.3) is 0 Å². The molecule has 0 atom stereocenters. The Morgan fingerprint density at radius 1 is 0.426 bits per heavy atom. The van der Waals surface area contributed by atoms with Gasteiger partial charge in [0.05, 0.1) is 42.6 Å². The van der Waals surface area contributed by atoms with Crippen LogP contribution in [0.2, 0.25) is 0 Å². The Kier molecular flexibility index (Phi) is 3.00. The zero-order chi connectivity index (χ0) is 51.2. The van der Waals surface area contributed by atoms with Crippen molar-refractivity contribution >= 4 is 32.6 Å². The molecule has 0 aliphatic rings. The summed E-state index contributed by atoms with van der Waals surface area (Å²) in [5.41, 5.74) is -2.53. The van der Waals surface area contributed by atoms with Gasteiger partial charge in [0.15, 0.2) is 0 Å². The molecule has 0 spiro atoms. The van der Waals surface area contributed by atoms with Crippen molar-refractivity contribution in [1.29, 1.82) is 0 Å². The summed E-state index contributed by atoms with van der Waals surface area (Å²) in [6, 6.07) is -7.80. The van der Waals surface area contributed by atoms with E-state index in [1.807, 2.05) is 0 Å². The van der Waals surface area contributed by atoms with Crippen LogP contribution in [0.4, 0.5) is 0 Å². The van der Waals surface area contributed by atoms with Crippen molar-refractivity contribution in [2.24, 2.45) is 0 Å². The van der Waals surface area contributed by atoms with Crippen molar-refractivity contribution in [3.8, 4) is 50.5 Å². The van der Waals surface area contributed by atoms with Crippen LogP contribution >= 0.6 is 0 Å². The highest BCUT2D eigenvalue weighted by Gasteiger charge is 2.22. The average molecular weight is 622 g/mol. The minimum atomic E-state index is -0.836. The minimum Gasteiger partial charge on any atom is -0.292 e. The second-order valence-electron chi connectivity index (χ2n) is 10.3. The molecule has 0 radical (unpaired) electrons. The fourth-order valence-corrected chi connectivity index (χ4v) is 5.76. The lowest BCUT2D eigenvalue weighted by Gasteiger charge is -2.19. The molecule has 0 aliphatic carbocycles. The number of aromatic nitrogens is 2. The largest absolute Gasteiger partial charge is 0.292 e. The van der Waals surface area contributed by atoms with Gasteiger partial charge in [0, 0.05) is 11.3 Å². The van der Waals surface area contributed by atoms with Gasteiger partial charge in [0.2, 0.25) is 0 Å². The molecule has 1 heterocycles. The van der Waals surface area contributed by atoms with Crippen LogP contribution in [-0.2, 0) is 0 Å². The Hall–Kier alpha value is -6.25. The minimum absolute atomic E-state index is 0.123. The van der Waals surface area contributed by atoms with Crippen molar-refractivity contribution in [3.63, 3.8) is 0 Å². The standard InChI is InChI=1S/C45H30N2/c1-4-16-31(17-5-1)33-28-34(32-18-6-2-7-19-32)30-35(29-33)43-37-22-10-12-24-39(37)44(40-25-13-11-23-38(40)43)45-46-41-26-14-15-27-42(41)47(45)36-20-8-3-9-21-36/h1-30H/i1D,2D,3D,4D,5D,6D,7D,8D,9D,10D,11D,12D,13D,16D,17D,18D,19D,20D,21D,22D,23D,24D,25D. The molecule has 2 heteroatoms.